The minimum Gasteiger partial charge on any atom is -0.390 e. The third-order valence-electron chi connectivity index (χ3n) is 3.71. The molecule has 0 aromatic carbocycles. The van der Waals surface area contributed by atoms with Crippen molar-refractivity contribution in [3.05, 3.63) is 0 Å². The smallest absolute Gasteiger partial charge is 0.113 e. The van der Waals surface area contributed by atoms with Gasteiger partial charge in [0.05, 0.1) is 25.7 Å². The monoisotopic (exact) mass is 172 g/mol. The molecule has 1 saturated heterocycles. The summed E-state index contributed by atoms with van der Waals surface area (Å²) in [6, 6.07) is 0.463. The molecule has 12 heavy (non-hydrogen) atoms. The van der Waals surface area contributed by atoms with Gasteiger partial charge in [-0.05, 0) is 20.8 Å². The first-order valence-electron chi connectivity index (χ1n) is 4.88. The molecule has 2 nitrogen and oxygen atoms in total. The maximum Gasteiger partial charge on any atom is 0.113 e. The fourth-order valence-electron chi connectivity index (χ4n) is 2.28. The Labute approximate surface area is 75.8 Å². The fraction of sp³-hybridized carbons (Fsp3) is 1.00. The molecule has 1 aliphatic heterocycles. The van der Waals surface area contributed by atoms with Crippen molar-refractivity contribution in [2.24, 2.45) is 0 Å². The average molecular weight is 172 g/mol. The lowest BCUT2D eigenvalue weighted by Gasteiger charge is -2.46. The maximum absolute atomic E-state index is 9.25. The van der Waals surface area contributed by atoms with Gasteiger partial charge in [-0.1, -0.05) is 0 Å². The number of hydrogen-bond acceptors (Lipinski definition) is 1. The number of aliphatic hydroxyl groups is 1. The molecule has 1 heterocycles. The number of quaternary nitrogens is 1. The molecule has 2 unspecified atom stereocenters. The van der Waals surface area contributed by atoms with Gasteiger partial charge in [-0.25, -0.2) is 0 Å². The minimum absolute atomic E-state index is 0.268. The summed E-state index contributed by atoms with van der Waals surface area (Å²) < 4.78 is 1.03. The highest BCUT2D eigenvalue weighted by atomic mass is 16.3. The van der Waals surface area contributed by atoms with Crippen LogP contribution in [0.3, 0.4) is 0 Å². The van der Waals surface area contributed by atoms with Crippen molar-refractivity contribution in [1.29, 1.82) is 0 Å². The fourth-order valence-corrected chi connectivity index (χ4v) is 2.28. The van der Waals surface area contributed by atoms with Gasteiger partial charge in [0.25, 0.3) is 0 Å². The van der Waals surface area contributed by atoms with Crippen LogP contribution in [0.25, 0.3) is 0 Å². The van der Waals surface area contributed by atoms with E-state index in [1.165, 1.54) is 19.4 Å². The van der Waals surface area contributed by atoms with Crippen LogP contribution >= 0.6 is 0 Å². The maximum atomic E-state index is 9.25. The van der Waals surface area contributed by atoms with Crippen LogP contribution in [0, 0.1) is 0 Å². The van der Waals surface area contributed by atoms with Crippen molar-refractivity contribution in [2.45, 2.75) is 45.2 Å². The number of likely N-dealkylation sites (tertiary alicyclic amines) is 1. The van der Waals surface area contributed by atoms with E-state index in [4.69, 9.17) is 0 Å². The van der Waals surface area contributed by atoms with Crippen molar-refractivity contribution in [1.82, 2.24) is 0 Å². The lowest BCUT2D eigenvalue weighted by molar-refractivity contribution is -0.964. The summed E-state index contributed by atoms with van der Waals surface area (Å²) in [5.41, 5.74) is 0.268. The van der Waals surface area contributed by atoms with Gasteiger partial charge in [0, 0.05) is 12.8 Å². The van der Waals surface area contributed by atoms with E-state index >= 15 is 0 Å². The molecule has 0 radical (unpaired) electrons. The Morgan fingerprint density at radius 1 is 1.42 bits per heavy atom. The summed E-state index contributed by atoms with van der Waals surface area (Å²) in [6.45, 7) is 8.35. The lowest BCUT2D eigenvalue weighted by Crippen LogP contribution is -2.60. The van der Waals surface area contributed by atoms with Gasteiger partial charge >= 0.3 is 0 Å². The predicted molar refractivity (Wildman–Crippen MR) is 50.9 cm³/mol. The molecule has 1 N–H and O–H groups in total. The van der Waals surface area contributed by atoms with Crippen LogP contribution in [0.4, 0.5) is 0 Å². The zero-order valence-electron chi connectivity index (χ0n) is 8.80. The molecule has 0 aliphatic carbocycles. The highest BCUT2D eigenvalue weighted by Crippen LogP contribution is 2.33. The Kier molecular flexibility index (Phi) is 2.50. The number of aliphatic hydroxyl groups excluding tert-OH is 1. The topological polar surface area (TPSA) is 20.2 Å². The Morgan fingerprint density at radius 3 is 2.33 bits per heavy atom. The van der Waals surface area contributed by atoms with Crippen LogP contribution in [0.5, 0.6) is 0 Å². The highest BCUT2D eigenvalue weighted by Gasteiger charge is 2.45. The number of nitrogens with zero attached hydrogens (tertiary/aromatic N) is 1. The van der Waals surface area contributed by atoms with Crippen LogP contribution < -0.4 is 0 Å². The summed E-state index contributed by atoms with van der Waals surface area (Å²) in [6.07, 6.45) is 2.45. The normalized spacial score (nSPS) is 37.2. The SMILES string of the molecule is CC(C)(C)[N+]1(C)CCCC1CO. The van der Waals surface area contributed by atoms with Crippen LogP contribution in [-0.2, 0) is 0 Å². The van der Waals surface area contributed by atoms with E-state index in [-0.39, 0.29) is 5.54 Å². The standard InChI is InChI=1S/C10H22NO/c1-10(2,3)11(4)7-5-6-9(11)8-12/h9,12H,5-8H2,1-4H3/q+1. The van der Waals surface area contributed by atoms with Gasteiger partial charge in [0.15, 0.2) is 0 Å². The molecule has 1 rings (SSSR count). The van der Waals surface area contributed by atoms with Crippen LogP contribution in [0.2, 0.25) is 0 Å². The Balaban J connectivity index is 2.82. The second-order valence-corrected chi connectivity index (χ2v) is 5.14. The summed E-state index contributed by atoms with van der Waals surface area (Å²) in [7, 11) is 2.27. The van der Waals surface area contributed by atoms with Crippen molar-refractivity contribution >= 4 is 0 Å². The third kappa shape index (κ3) is 1.38. The quantitative estimate of drug-likeness (QED) is 0.593. The largest absolute Gasteiger partial charge is 0.390 e. The van der Waals surface area contributed by atoms with E-state index in [0.29, 0.717) is 12.6 Å². The average Bonchev–Trinajstić information content (AvgIpc) is 2.30. The number of hydrogen-bond donors (Lipinski definition) is 1. The zero-order chi connectivity index (χ0) is 9.41. The first-order chi connectivity index (χ1) is 5.42. The molecule has 0 bridgehead atoms. The molecule has 0 spiro atoms. The van der Waals surface area contributed by atoms with Gasteiger partial charge in [-0.3, -0.25) is 0 Å². The van der Waals surface area contributed by atoms with Crippen LogP contribution in [-0.4, -0.2) is 41.4 Å². The molecule has 72 valence electrons. The van der Waals surface area contributed by atoms with Crippen molar-refractivity contribution in [2.75, 3.05) is 20.2 Å². The Bertz CT molecular complexity index is 162. The number of rotatable bonds is 1. The third-order valence-corrected chi connectivity index (χ3v) is 3.71. The van der Waals surface area contributed by atoms with Crippen LogP contribution in [0.1, 0.15) is 33.6 Å². The van der Waals surface area contributed by atoms with E-state index in [1.807, 2.05) is 0 Å². The van der Waals surface area contributed by atoms with Crippen molar-refractivity contribution in [3.63, 3.8) is 0 Å². The summed E-state index contributed by atoms with van der Waals surface area (Å²) in [5, 5.41) is 9.25. The first-order valence-corrected chi connectivity index (χ1v) is 4.88. The van der Waals surface area contributed by atoms with Gasteiger partial charge in [-0.15, -0.1) is 0 Å². The zero-order valence-corrected chi connectivity index (χ0v) is 8.80. The molecule has 0 saturated carbocycles. The predicted octanol–water partition coefficient (Wildman–Crippen LogP) is 1.39. The van der Waals surface area contributed by atoms with Crippen molar-refractivity contribution in [3.8, 4) is 0 Å². The highest BCUT2D eigenvalue weighted by molar-refractivity contribution is 4.74. The molecule has 0 aromatic heterocycles. The van der Waals surface area contributed by atoms with Gasteiger partial charge in [-0.2, -0.15) is 0 Å². The van der Waals surface area contributed by atoms with E-state index in [9.17, 15) is 5.11 Å². The molecular formula is C10H22NO+. The molecular weight excluding hydrogens is 150 g/mol. The van der Waals surface area contributed by atoms with E-state index in [1.54, 1.807) is 0 Å². The first kappa shape index (κ1) is 10.0. The number of likely N-dealkylation sites (N-methyl/N-ethyl adjacent to an activating group) is 1. The molecule has 1 fully saturated rings. The molecule has 0 aromatic rings. The van der Waals surface area contributed by atoms with E-state index in [2.05, 4.69) is 27.8 Å². The Hall–Kier alpha value is -0.0800. The minimum atomic E-state index is 0.268. The van der Waals surface area contributed by atoms with Crippen LogP contribution in [0.15, 0.2) is 0 Å². The van der Waals surface area contributed by atoms with Gasteiger partial charge in [0.2, 0.25) is 0 Å². The summed E-state index contributed by atoms with van der Waals surface area (Å²) in [4.78, 5) is 0. The van der Waals surface area contributed by atoms with Crippen molar-refractivity contribution < 1.29 is 9.59 Å². The second kappa shape index (κ2) is 3.00. The van der Waals surface area contributed by atoms with E-state index in [0.717, 1.165) is 4.48 Å². The second-order valence-electron chi connectivity index (χ2n) is 5.14. The van der Waals surface area contributed by atoms with Gasteiger partial charge in [0.1, 0.15) is 6.04 Å². The Morgan fingerprint density at radius 2 is 2.00 bits per heavy atom. The lowest BCUT2D eigenvalue weighted by atomic mass is 10.0. The van der Waals surface area contributed by atoms with E-state index < -0.39 is 0 Å². The van der Waals surface area contributed by atoms with Gasteiger partial charge < -0.3 is 9.59 Å². The molecule has 2 atom stereocenters. The summed E-state index contributed by atoms with van der Waals surface area (Å²) in [5.74, 6) is 0. The summed E-state index contributed by atoms with van der Waals surface area (Å²) >= 11 is 0. The molecule has 0 amide bonds. The molecule has 2 heteroatoms. The molecule has 1 aliphatic rings.